The number of carbonyl (C=O) groups excluding carboxylic acids is 3. The summed E-state index contributed by atoms with van der Waals surface area (Å²) >= 11 is 1.26. The predicted molar refractivity (Wildman–Crippen MR) is 111 cm³/mol. The van der Waals surface area contributed by atoms with Crippen molar-refractivity contribution in [3.05, 3.63) is 40.2 Å². The molecule has 3 rings (SSSR count). The summed E-state index contributed by atoms with van der Waals surface area (Å²) in [5.74, 6) is -1.05. The fourth-order valence-electron chi connectivity index (χ4n) is 3.32. The highest BCUT2D eigenvalue weighted by molar-refractivity contribution is 7.99. The molecule has 2 heterocycles. The molecule has 10 heteroatoms. The number of ether oxygens (including phenoxy) is 4. The van der Waals surface area contributed by atoms with Crippen LogP contribution in [0.2, 0.25) is 0 Å². The van der Waals surface area contributed by atoms with Gasteiger partial charge in [-0.2, -0.15) is 0 Å². The summed E-state index contributed by atoms with van der Waals surface area (Å²) in [4.78, 5) is 46.4. The molecule has 0 bridgehead atoms. The number of esters is 3. The Morgan fingerprint density at radius 3 is 2.26 bits per heavy atom. The minimum Gasteiger partial charge on any atom is -0.476 e. The lowest BCUT2D eigenvalue weighted by molar-refractivity contribution is -0.186. The first-order valence-corrected chi connectivity index (χ1v) is 10.5. The molecule has 31 heavy (non-hydrogen) atoms. The van der Waals surface area contributed by atoms with E-state index in [1.54, 1.807) is 25.1 Å². The topological polar surface area (TPSA) is 118 Å². The van der Waals surface area contributed by atoms with E-state index in [2.05, 4.69) is 0 Å². The number of hydrogen-bond acceptors (Lipinski definition) is 10. The fraction of sp³-hybridized carbons (Fsp3) is 0.429. The zero-order valence-corrected chi connectivity index (χ0v) is 18.2. The molecular formula is C21H22O9S. The lowest BCUT2D eigenvalue weighted by Crippen LogP contribution is -2.55. The van der Waals surface area contributed by atoms with Crippen LogP contribution in [0.3, 0.4) is 0 Å². The van der Waals surface area contributed by atoms with Crippen LogP contribution in [0.15, 0.2) is 33.5 Å². The van der Waals surface area contributed by atoms with Crippen molar-refractivity contribution in [3.8, 4) is 5.75 Å². The first-order valence-electron chi connectivity index (χ1n) is 9.48. The molecular weight excluding hydrogens is 428 g/mol. The summed E-state index contributed by atoms with van der Waals surface area (Å²) in [5.41, 5.74) is -0.0548. The van der Waals surface area contributed by atoms with E-state index in [9.17, 15) is 19.2 Å². The van der Waals surface area contributed by atoms with Gasteiger partial charge in [0.25, 0.3) is 0 Å². The van der Waals surface area contributed by atoms with E-state index >= 15 is 0 Å². The van der Waals surface area contributed by atoms with E-state index in [4.69, 9.17) is 23.4 Å². The van der Waals surface area contributed by atoms with Gasteiger partial charge in [-0.05, 0) is 30.7 Å². The maximum atomic E-state index is 11.7. The minimum atomic E-state index is -1.03. The molecule has 1 aliphatic rings. The number of carbonyl (C=O) groups is 3. The van der Waals surface area contributed by atoms with Gasteiger partial charge in [-0.1, -0.05) is 0 Å². The summed E-state index contributed by atoms with van der Waals surface area (Å²) < 4.78 is 27.3. The number of benzene rings is 1. The third kappa shape index (κ3) is 5.57. The maximum Gasteiger partial charge on any atom is 0.336 e. The Kier molecular flexibility index (Phi) is 6.89. The molecule has 0 saturated carbocycles. The zero-order valence-electron chi connectivity index (χ0n) is 17.4. The van der Waals surface area contributed by atoms with Gasteiger partial charge in [0.15, 0.2) is 23.7 Å². The maximum absolute atomic E-state index is 11.7. The van der Waals surface area contributed by atoms with Crippen LogP contribution in [-0.4, -0.2) is 47.4 Å². The number of thioether (sulfide) groups is 1. The van der Waals surface area contributed by atoms with E-state index in [1.165, 1.54) is 38.6 Å². The second kappa shape index (κ2) is 9.42. The van der Waals surface area contributed by atoms with Crippen molar-refractivity contribution < 1.29 is 37.7 Å². The van der Waals surface area contributed by atoms with Gasteiger partial charge in [-0.15, -0.1) is 11.8 Å². The van der Waals surface area contributed by atoms with Gasteiger partial charge in [-0.25, -0.2) is 4.79 Å². The third-order valence-corrected chi connectivity index (χ3v) is 5.69. The number of fused-ring (bicyclic) bond motifs is 1. The summed E-state index contributed by atoms with van der Waals surface area (Å²) in [6, 6.07) is 6.31. The number of rotatable bonds is 5. The molecule has 0 aliphatic carbocycles. The third-order valence-electron chi connectivity index (χ3n) is 4.48. The van der Waals surface area contributed by atoms with Crippen molar-refractivity contribution in [2.75, 3.05) is 5.75 Å². The van der Waals surface area contributed by atoms with E-state index in [1.807, 2.05) is 0 Å². The summed E-state index contributed by atoms with van der Waals surface area (Å²) in [7, 11) is 0. The summed E-state index contributed by atoms with van der Waals surface area (Å²) in [6.07, 6.45) is -2.85. The SMILES string of the molecule is CC(=O)O[C@@H]1[C@@H](OC(C)=O)[C@@H](Oc2ccc3oc(=O)cc(C)c3c2)SC[C@H]1OC(C)=O. The van der Waals surface area contributed by atoms with Crippen LogP contribution in [0.25, 0.3) is 11.0 Å². The van der Waals surface area contributed by atoms with Crippen molar-refractivity contribution in [1.29, 1.82) is 0 Å². The van der Waals surface area contributed by atoms with Gasteiger partial charge >= 0.3 is 23.5 Å². The van der Waals surface area contributed by atoms with Gasteiger partial charge in [0, 0.05) is 38.0 Å². The first-order chi connectivity index (χ1) is 14.6. The lowest BCUT2D eigenvalue weighted by Gasteiger charge is -2.39. The van der Waals surface area contributed by atoms with Crippen LogP contribution < -0.4 is 10.4 Å². The average Bonchev–Trinajstić information content (AvgIpc) is 2.65. The average molecular weight is 450 g/mol. The van der Waals surface area contributed by atoms with Crippen molar-refractivity contribution in [1.82, 2.24) is 0 Å². The van der Waals surface area contributed by atoms with Crippen LogP contribution >= 0.6 is 11.8 Å². The quantitative estimate of drug-likeness (QED) is 0.381. The van der Waals surface area contributed by atoms with Gasteiger partial charge < -0.3 is 23.4 Å². The second-order valence-electron chi connectivity index (χ2n) is 7.02. The van der Waals surface area contributed by atoms with E-state index < -0.39 is 47.3 Å². The van der Waals surface area contributed by atoms with Crippen molar-refractivity contribution in [2.45, 2.75) is 51.4 Å². The van der Waals surface area contributed by atoms with E-state index in [0.29, 0.717) is 16.7 Å². The standard InChI is InChI=1S/C21H22O9S/c1-10-7-18(25)30-16-6-5-14(8-15(10)16)29-21-20(28-13(4)24)19(27-12(3)23)17(9-31-21)26-11(2)22/h5-8,17,19-21H,9H2,1-4H3/t17-,19+,20-,21+/m1/s1. The van der Waals surface area contributed by atoms with Crippen molar-refractivity contribution in [2.24, 2.45) is 0 Å². The van der Waals surface area contributed by atoms with Crippen molar-refractivity contribution in [3.63, 3.8) is 0 Å². The highest BCUT2D eigenvalue weighted by Crippen LogP contribution is 2.35. The van der Waals surface area contributed by atoms with Crippen LogP contribution in [-0.2, 0) is 28.6 Å². The molecule has 1 saturated heterocycles. The molecule has 0 amide bonds. The molecule has 0 N–H and O–H groups in total. The van der Waals surface area contributed by atoms with E-state index in [0.717, 1.165) is 5.56 Å². The minimum absolute atomic E-state index is 0.265. The highest BCUT2D eigenvalue weighted by Gasteiger charge is 2.47. The Morgan fingerprint density at radius 2 is 1.61 bits per heavy atom. The Hall–Kier alpha value is -3.01. The Bertz CT molecular complexity index is 1060. The number of hydrogen-bond donors (Lipinski definition) is 0. The summed E-state index contributed by atoms with van der Waals surface area (Å²) in [6.45, 7) is 5.46. The molecule has 1 aromatic heterocycles. The van der Waals surface area contributed by atoms with Crippen LogP contribution in [0, 0.1) is 6.92 Å². The Morgan fingerprint density at radius 1 is 0.968 bits per heavy atom. The molecule has 4 atom stereocenters. The molecule has 1 aromatic carbocycles. The van der Waals surface area contributed by atoms with Gasteiger partial charge in [-0.3, -0.25) is 14.4 Å². The molecule has 1 aliphatic heterocycles. The van der Waals surface area contributed by atoms with Gasteiger partial charge in [0.05, 0.1) is 0 Å². The largest absolute Gasteiger partial charge is 0.476 e. The summed E-state index contributed by atoms with van der Waals surface area (Å²) in [5, 5.41) is 0.691. The Balaban J connectivity index is 1.92. The zero-order chi connectivity index (χ0) is 22.7. The Labute approximate surface area is 182 Å². The fourth-order valence-corrected chi connectivity index (χ4v) is 4.53. The molecule has 9 nitrogen and oxygen atoms in total. The van der Waals surface area contributed by atoms with Crippen LogP contribution in [0.4, 0.5) is 0 Å². The molecule has 166 valence electrons. The van der Waals surface area contributed by atoms with Crippen LogP contribution in [0.1, 0.15) is 26.3 Å². The number of aryl methyl sites for hydroxylation is 1. The molecule has 2 aromatic rings. The second-order valence-corrected chi connectivity index (χ2v) is 8.15. The molecule has 1 fully saturated rings. The first kappa shape index (κ1) is 22.7. The normalized spacial score (nSPS) is 23.1. The van der Waals surface area contributed by atoms with Crippen LogP contribution in [0.5, 0.6) is 5.75 Å². The smallest absolute Gasteiger partial charge is 0.336 e. The highest BCUT2D eigenvalue weighted by atomic mass is 32.2. The predicted octanol–water partition coefficient (Wildman–Crippen LogP) is 2.35. The van der Waals surface area contributed by atoms with Gasteiger partial charge in [0.2, 0.25) is 0 Å². The molecule has 0 radical (unpaired) electrons. The van der Waals surface area contributed by atoms with Gasteiger partial charge in [0.1, 0.15) is 11.3 Å². The van der Waals surface area contributed by atoms with Crippen molar-refractivity contribution >= 4 is 40.6 Å². The monoisotopic (exact) mass is 450 g/mol. The molecule has 0 spiro atoms. The molecule has 0 unspecified atom stereocenters. The lowest BCUT2D eigenvalue weighted by atomic mass is 10.1. The van der Waals surface area contributed by atoms with E-state index in [-0.39, 0.29) is 5.75 Å².